The minimum Gasteiger partial charge on any atom is -0.361 e. The van der Waals surface area contributed by atoms with Crippen molar-refractivity contribution in [2.24, 2.45) is 5.73 Å². The molecular weight excluding hydrogens is 208 g/mol. The number of nitrogens with two attached hydrogens (primary N) is 1. The van der Waals surface area contributed by atoms with Gasteiger partial charge in [0.15, 0.2) is 0 Å². The fourth-order valence-corrected chi connectivity index (χ4v) is 1.73. The van der Waals surface area contributed by atoms with Crippen molar-refractivity contribution >= 4 is 23.3 Å². The van der Waals surface area contributed by atoms with Crippen molar-refractivity contribution in [1.82, 2.24) is 4.98 Å². The first-order chi connectivity index (χ1) is 6.81. The SMILES string of the molecule is CCC(N)Cc1c[nH]c2ccccc12.Cl. The van der Waals surface area contributed by atoms with Crippen LogP contribution in [0.4, 0.5) is 0 Å². The second kappa shape index (κ2) is 5.19. The van der Waals surface area contributed by atoms with E-state index in [1.807, 2.05) is 6.07 Å². The molecule has 0 aliphatic carbocycles. The molecule has 0 saturated carbocycles. The minimum absolute atomic E-state index is 0. The van der Waals surface area contributed by atoms with Crippen molar-refractivity contribution in [2.45, 2.75) is 25.8 Å². The monoisotopic (exact) mass is 224 g/mol. The molecule has 1 aromatic heterocycles. The van der Waals surface area contributed by atoms with Gasteiger partial charge in [0.1, 0.15) is 0 Å². The Labute approximate surface area is 96.3 Å². The second-order valence-corrected chi connectivity index (χ2v) is 3.73. The normalized spacial score (nSPS) is 12.4. The van der Waals surface area contributed by atoms with Crippen LogP contribution in [0.25, 0.3) is 10.9 Å². The topological polar surface area (TPSA) is 41.8 Å². The summed E-state index contributed by atoms with van der Waals surface area (Å²) in [6.45, 7) is 2.12. The van der Waals surface area contributed by atoms with E-state index in [9.17, 15) is 0 Å². The van der Waals surface area contributed by atoms with Crippen LogP contribution in [-0.2, 0) is 6.42 Å². The van der Waals surface area contributed by atoms with Gasteiger partial charge in [-0.1, -0.05) is 25.1 Å². The number of benzene rings is 1. The molecule has 1 atom stereocenters. The average Bonchev–Trinajstić information content (AvgIpc) is 2.62. The maximum atomic E-state index is 5.94. The average molecular weight is 225 g/mol. The van der Waals surface area contributed by atoms with Gasteiger partial charge in [-0.25, -0.2) is 0 Å². The molecule has 0 saturated heterocycles. The predicted octanol–water partition coefficient (Wildman–Crippen LogP) is 2.87. The zero-order chi connectivity index (χ0) is 9.97. The number of fused-ring (bicyclic) bond motifs is 1. The van der Waals surface area contributed by atoms with Crippen LogP contribution in [0.3, 0.4) is 0 Å². The van der Waals surface area contributed by atoms with Crippen molar-refractivity contribution in [3.05, 3.63) is 36.0 Å². The summed E-state index contributed by atoms with van der Waals surface area (Å²) >= 11 is 0. The van der Waals surface area contributed by atoms with Crippen molar-refractivity contribution in [2.75, 3.05) is 0 Å². The lowest BCUT2D eigenvalue weighted by atomic mass is 10.0. The van der Waals surface area contributed by atoms with E-state index in [0.29, 0.717) is 0 Å². The molecule has 0 aliphatic heterocycles. The van der Waals surface area contributed by atoms with Gasteiger partial charge in [0, 0.05) is 23.1 Å². The van der Waals surface area contributed by atoms with E-state index in [1.54, 1.807) is 0 Å². The molecule has 0 fully saturated rings. The van der Waals surface area contributed by atoms with Crippen molar-refractivity contribution in [3.63, 3.8) is 0 Å². The highest BCUT2D eigenvalue weighted by Gasteiger charge is 2.06. The Balaban J connectivity index is 0.00000112. The van der Waals surface area contributed by atoms with Crippen LogP contribution in [0.5, 0.6) is 0 Å². The highest BCUT2D eigenvalue weighted by atomic mass is 35.5. The third kappa shape index (κ3) is 2.52. The fourth-order valence-electron chi connectivity index (χ4n) is 1.73. The van der Waals surface area contributed by atoms with Gasteiger partial charge in [-0.3, -0.25) is 0 Å². The van der Waals surface area contributed by atoms with Gasteiger partial charge in [0.05, 0.1) is 0 Å². The maximum Gasteiger partial charge on any atom is 0.0456 e. The molecule has 2 nitrogen and oxygen atoms in total. The van der Waals surface area contributed by atoms with Crippen molar-refractivity contribution < 1.29 is 0 Å². The van der Waals surface area contributed by atoms with E-state index in [2.05, 4.69) is 36.3 Å². The van der Waals surface area contributed by atoms with Crippen LogP contribution in [0.15, 0.2) is 30.5 Å². The van der Waals surface area contributed by atoms with E-state index in [-0.39, 0.29) is 18.4 Å². The van der Waals surface area contributed by atoms with Crippen LogP contribution < -0.4 is 5.73 Å². The van der Waals surface area contributed by atoms with Crippen molar-refractivity contribution in [1.29, 1.82) is 0 Å². The molecule has 15 heavy (non-hydrogen) atoms. The van der Waals surface area contributed by atoms with Crippen LogP contribution in [0.1, 0.15) is 18.9 Å². The Bertz CT molecular complexity index is 422. The van der Waals surface area contributed by atoms with E-state index in [1.165, 1.54) is 16.5 Å². The number of rotatable bonds is 3. The molecule has 0 amide bonds. The molecule has 1 aromatic carbocycles. The zero-order valence-electron chi connectivity index (χ0n) is 8.86. The number of hydrogen-bond donors (Lipinski definition) is 2. The van der Waals surface area contributed by atoms with Gasteiger partial charge in [0.25, 0.3) is 0 Å². The zero-order valence-corrected chi connectivity index (χ0v) is 9.68. The Morgan fingerprint density at radius 3 is 2.80 bits per heavy atom. The summed E-state index contributed by atoms with van der Waals surface area (Å²) in [4.78, 5) is 3.26. The number of nitrogens with one attached hydrogen (secondary N) is 1. The molecule has 2 aromatic rings. The smallest absolute Gasteiger partial charge is 0.0456 e. The van der Waals surface area contributed by atoms with E-state index in [4.69, 9.17) is 5.73 Å². The molecular formula is C12H17ClN2. The lowest BCUT2D eigenvalue weighted by molar-refractivity contribution is 0.648. The molecule has 2 rings (SSSR count). The largest absolute Gasteiger partial charge is 0.361 e. The molecule has 3 heteroatoms. The maximum absolute atomic E-state index is 5.94. The Kier molecular flexibility index (Phi) is 4.18. The first-order valence-corrected chi connectivity index (χ1v) is 5.12. The third-order valence-electron chi connectivity index (χ3n) is 2.68. The summed E-state index contributed by atoms with van der Waals surface area (Å²) in [7, 11) is 0. The number of para-hydroxylation sites is 1. The van der Waals surface area contributed by atoms with Crippen LogP contribution in [-0.4, -0.2) is 11.0 Å². The fraction of sp³-hybridized carbons (Fsp3) is 0.333. The number of aromatic nitrogens is 1. The minimum atomic E-state index is 0. The molecule has 0 bridgehead atoms. The summed E-state index contributed by atoms with van der Waals surface area (Å²) in [6, 6.07) is 8.62. The highest BCUT2D eigenvalue weighted by molar-refractivity contribution is 5.85. The van der Waals surface area contributed by atoms with Crippen molar-refractivity contribution in [3.8, 4) is 0 Å². The third-order valence-corrected chi connectivity index (χ3v) is 2.68. The summed E-state index contributed by atoms with van der Waals surface area (Å²) in [6.07, 6.45) is 4.06. The van der Waals surface area contributed by atoms with Crippen LogP contribution in [0.2, 0.25) is 0 Å². The molecule has 1 unspecified atom stereocenters. The lowest BCUT2D eigenvalue weighted by Crippen LogP contribution is -2.21. The molecule has 82 valence electrons. The van der Waals surface area contributed by atoms with E-state index in [0.717, 1.165) is 12.8 Å². The molecule has 1 heterocycles. The van der Waals surface area contributed by atoms with E-state index < -0.39 is 0 Å². The Hall–Kier alpha value is -0.990. The van der Waals surface area contributed by atoms with Gasteiger partial charge in [-0.2, -0.15) is 0 Å². The number of H-pyrrole nitrogens is 1. The lowest BCUT2D eigenvalue weighted by Gasteiger charge is -2.06. The molecule has 0 aliphatic rings. The highest BCUT2D eigenvalue weighted by Crippen LogP contribution is 2.18. The molecule has 3 N–H and O–H groups in total. The first-order valence-electron chi connectivity index (χ1n) is 5.12. The van der Waals surface area contributed by atoms with Gasteiger partial charge in [-0.15, -0.1) is 12.4 Å². The van der Waals surface area contributed by atoms with Gasteiger partial charge < -0.3 is 10.7 Å². The molecule has 0 spiro atoms. The summed E-state index contributed by atoms with van der Waals surface area (Å²) < 4.78 is 0. The van der Waals surface area contributed by atoms with Crippen LogP contribution >= 0.6 is 12.4 Å². The molecule has 0 radical (unpaired) electrons. The summed E-state index contributed by atoms with van der Waals surface area (Å²) in [5.74, 6) is 0. The quantitative estimate of drug-likeness (QED) is 0.827. The number of hydrogen-bond acceptors (Lipinski definition) is 1. The van der Waals surface area contributed by atoms with Gasteiger partial charge >= 0.3 is 0 Å². The second-order valence-electron chi connectivity index (χ2n) is 3.73. The first kappa shape index (κ1) is 12.1. The number of aromatic amines is 1. The Morgan fingerprint density at radius 1 is 1.33 bits per heavy atom. The standard InChI is InChI=1S/C12H16N2.ClH/c1-2-10(13)7-9-8-14-12-6-4-3-5-11(9)12;/h3-6,8,10,14H,2,7,13H2,1H3;1H. The predicted molar refractivity (Wildman–Crippen MR) is 67.5 cm³/mol. The summed E-state index contributed by atoms with van der Waals surface area (Å²) in [5, 5.41) is 1.30. The van der Waals surface area contributed by atoms with Gasteiger partial charge in [-0.05, 0) is 24.5 Å². The van der Waals surface area contributed by atoms with E-state index >= 15 is 0 Å². The Morgan fingerprint density at radius 2 is 2.07 bits per heavy atom. The van der Waals surface area contributed by atoms with Gasteiger partial charge in [0.2, 0.25) is 0 Å². The number of halogens is 1. The van der Waals surface area contributed by atoms with Crippen LogP contribution in [0, 0.1) is 0 Å². The summed E-state index contributed by atoms with van der Waals surface area (Å²) in [5.41, 5.74) is 8.47.